The van der Waals surface area contributed by atoms with Crippen molar-refractivity contribution < 1.29 is 9.59 Å². The largest absolute Gasteiger partial charge is 0.343 e. The van der Waals surface area contributed by atoms with Gasteiger partial charge >= 0.3 is 0 Å². The highest BCUT2D eigenvalue weighted by atomic mass is 32.1. The number of thiazole rings is 1. The van der Waals surface area contributed by atoms with Crippen molar-refractivity contribution in [2.45, 2.75) is 19.8 Å². The van der Waals surface area contributed by atoms with Gasteiger partial charge in [0.2, 0.25) is 11.8 Å². The zero-order chi connectivity index (χ0) is 16.2. The highest BCUT2D eigenvalue weighted by Gasteiger charge is 2.26. The Morgan fingerprint density at radius 1 is 1.26 bits per heavy atom. The average Bonchev–Trinajstić information content (AvgIpc) is 3.04. The second kappa shape index (κ2) is 6.87. The van der Waals surface area contributed by atoms with Crippen LogP contribution in [-0.2, 0) is 9.59 Å². The predicted molar refractivity (Wildman–Crippen MR) is 89.0 cm³/mol. The van der Waals surface area contributed by atoms with E-state index in [0.29, 0.717) is 31.1 Å². The number of carbonyl (C=O) groups excluding carboxylic acids is 2. The number of nitrogens with one attached hydrogen (secondary N) is 1. The predicted octanol–water partition coefficient (Wildman–Crippen LogP) is 2.40. The molecule has 23 heavy (non-hydrogen) atoms. The highest BCUT2D eigenvalue weighted by Crippen LogP contribution is 2.25. The van der Waals surface area contributed by atoms with Gasteiger partial charge in [-0.15, -0.1) is 11.3 Å². The third-order valence-corrected chi connectivity index (χ3v) is 4.73. The van der Waals surface area contributed by atoms with Gasteiger partial charge in [0.15, 0.2) is 5.13 Å². The Bertz CT molecular complexity index is 693. The van der Waals surface area contributed by atoms with Crippen molar-refractivity contribution in [2.75, 3.05) is 18.4 Å². The van der Waals surface area contributed by atoms with Crippen LogP contribution in [-0.4, -0.2) is 39.8 Å². The number of pyridine rings is 1. The van der Waals surface area contributed by atoms with Crippen LogP contribution in [0.5, 0.6) is 0 Å². The maximum absolute atomic E-state index is 12.3. The van der Waals surface area contributed by atoms with Crippen LogP contribution in [0.2, 0.25) is 0 Å². The van der Waals surface area contributed by atoms with Crippen LogP contribution in [0.15, 0.2) is 29.8 Å². The molecule has 3 heterocycles. The fraction of sp³-hybridized carbons (Fsp3) is 0.375. The minimum atomic E-state index is -0.0622. The summed E-state index contributed by atoms with van der Waals surface area (Å²) in [6.45, 7) is 2.85. The quantitative estimate of drug-likeness (QED) is 0.938. The van der Waals surface area contributed by atoms with Crippen LogP contribution in [0.25, 0.3) is 11.4 Å². The second-order valence-electron chi connectivity index (χ2n) is 5.52. The highest BCUT2D eigenvalue weighted by molar-refractivity contribution is 7.14. The third-order valence-electron chi connectivity index (χ3n) is 3.97. The van der Waals surface area contributed by atoms with E-state index in [1.54, 1.807) is 18.0 Å². The number of carbonyl (C=O) groups is 2. The first-order chi connectivity index (χ1) is 11.1. The van der Waals surface area contributed by atoms with Gasteiger partial charge in [-0.25, -0.2) is 4.98 Å². The van der Waals surface area contributed by atoms with E-state index in [2.05, 4.69) is 15.3 Å². The first-order valence-electron chi connectivity index (χ1n) is 7.57. The molecule has 0 bridgehead atoms. The summed E-state index contributed by atoms with van der Waals surface area (Å²) in [5, 5.41) is 5.36. The molecule has 2 amide bonds. The van der Waals surface area contributed by atoms with E-state index in [4.69, 9.17) is 0 Å². The number of hydrogen-bond acceptors (Lipinski definition) is 5. The molecule has 6 nitrogen and oxygen atoms in total. The molecule has 3 rings (SSSR count). The van der Waals surface area contributed by atoms with E-state index in [1.165, 1.54) is 11.3 Å². The molecule has 2 aromatic heterocycles. The topological polar surface area (TPSA) is 75.2 Å². The second-order valence-corrected chi connectivity index (χ2v) is 6.38. The SMILES string of the molecule is CC(=O)N1CCC(C(=O)Nc2nc(-c3ccccn3)cs2)CC1. The molecule has 2 aromatic rings. The minimum Gasteiger partial charge on any atom is -0.343 e. The number of rotatable bonds is 3. The van der Waals surface area contributed by atoms with E-state index in [1.807, 2.05) is 23.6 Å². The number of amides is 2. The van der Waals surface area contributed by atoms with Gasteiger partial charge in [-0.1, -0.05) is 6.07 Å². The van der Waals surface area contributed by atoms with E-state index in [-0.39, 0.29) is 17.7 Å². The molecule has 0 atom stereocenters. The zero-order valence-electron chi connectivity index (χ0n) is 12.9. The summed E-state index contributed by atoms with van der Waals surface area (Å²) in [6, 6.07) is 5.65. The lowest BCUT2D eigenvalue weighted by Crippen LogP contribution is -2.40. The van der Waals surface area contributed by atoms with Crippen molar-refractivity contribution in [1.29, 1.82) is 0 Å². The van der Waals surface area contributed by atoms with Crippen LogP contribution in [0.1, 0.15) is 19.8 Å². The fourth-order valence-electron chi connectivity index (χ4n) is 2.63. The van der Waals surface area contributed by atoms with Crippen LogP contribution in [0.4, 0.5) is 5.13 Å². The monoisotopic (exact) mass is 330 g/mol. The zero-order valence-corrected chi connectivity index (χ0v) is 13.7. The summed E-state index contributed by atoms with van der Waals surface area (Å²) in [5.41, 5.74) is 1.55. The lowest BCUT2D eigenvalue weighted by molar-refractivity contribution is -0.132. The van der Waals surface area contributed by atoms with Crippen molar-refractivity contribution in [3.05, 3.63) is 29.8 Å². The van der Waals surface area contributed by atoms with Crippen molar-refractivity contribution in [1.82, 2.24) is 14.9 Å². The molecule has 120 valence electrons. The molecular weight excluding hydrogens is 312 g/mol. The van der Waals surface area contributed by atoms with Gasteiger partial charge in [0, 0.05) is 37.5 Å². The van der Waals surface area contributed by atoms with Gasteiger partial charge in [-0.3, -0.25) is 14.6 Å². The standard InChI is InChI=1S/C16H18N4O2S/c1-11(21)20-8-5-12(6-9-20)15(22)19-16-18-14(10-23-16)13-4-2-3-7-17-13/h2-4,7,10,12H,5-6,8-9H2,1H3,(H,18,19,22). The molecule has 1 aliphatic rings. The summed E-state index contributed by atoms with van der Waals surface area (Å²) in [5.74, 6) is -0.00768. The molecule has 1 aliphatic heterocycles. The number of likely N-dealkylation sites (tertiary alicyclic amines) is 1. The molecule has 0 unspecified atom stereocenters. The molecule has 0 aromatic carbocycles. The van der Waals surface area contributed by atoms with Crippen LogP contribution in [0, 0.1) is 5.92 Å². The van der Waals surface area contributed by atoms with Crippen molar-refractivity contribution >= 4 is 28.3 Å². The number of hydrogen-bond donors (Lipinski definition) is 1. The van der Waals surface area contributed by atoms with Gasteiger partial charge in [0.1, 0.15) is 5.69 Å². The van der Waals surface area contributed by atoms with Gasteiger partial charge in [-0.05, 0) is 25.0 Å². The molecule has 1 saturated heterocycles. The smallest absolute Gasteiger partial charge is 0.229 e. The van der Waals surface area contributed by atoms with Crippen molar-refractivity contribution in [2.24, 2.45) is 5.92 Å². The Kier molecular flexibility index (Phi) is 4.66. The average molecular weight is 330 g/mol. The van der Waals surface area contributed by atoms with E-state index in [0.717, 1.165) is 11.4 Å². The van der Waals surface area contributed by atoms with Crippen LogP contribution < -0.4 is 5.32 Å². The number of anilines is 1. The van der Waals surface area contributed by atoms with E-state index >= 15 is 0 Å². The number of piperidine rings is 1. The normalized spacial score (nSPS) is 15.4. The van der Waals surface area contributed by atoms with Crippen LogP contribution in [0.3, 0.4) is 0 Å². The summed E-state index contributed by atoms with van der Waals surface area (Å²) >= 11 is 1.39. The Morgan fingerprint density at radius 3 is 2.70 bits per heavy atom. The molecule has 0 radical (unpaired) electrons. The maximum atomic E-state index is 12.3. The van der Waals surface area contributed by atoms with Crippen molar-refractivity contribution in [3.8, 4) is 11.4 Å². The van der Waals surface area contributed by atoms with Gasteiger partial charge < -0.3 is 10.2 Å². The minimum absolute atomic E-state index is 0.0184. The summed E-state index contributed by atoms with van der Waals surface area (Å²) < 4.78 is 0. The summed E-state index contributed by atoms with van der Waals surface area (Å²) in [6.07, 6.45) is 3.11. The van der Waals surface area contributed by atoms with Crippen molar-refractivity contribution in [3.63, 3.8) is 0 Å². The molecule has 7 heteroatoms. The van der Waals surface area contributed by atoms with Gasteiger partial charge in [0.25, 0.3) is 0 Å². The van der Waals surface area contributed by atoms with Gasteiger partial charge in [-0.2, -0.15) is 0 Å². The molecule has 1 N–H and O–H groups in total. The molecule has 0 spiro atoms. The number of nitrogens with zero attached hydrogens (tertiary/aromatic N) is 3. The first kappa shape index (κ1) is 15.6. The third kappa shape index (κ3) is 3.73. The Labute approximate surface area is 138 Å². The summed E-state index contributed by atoms with van der Waals surface area (Å²) in [4.78, 5) is 34.1. The summed E-state index contributed by atoms with van der Waals surface area (Å²) in [7, 11) is 0. The Hall–Kier alpha value is -2.28. The lowest BCUT2D eigenvalue weighted by Gasteiger charge is -2.30. The fourth-order valence-corrected chi connectivity index (χ4v) is 3.33. The molecule has 0 aliphatic carbocycles. The number of aromatic nitrogens is 2. The van der Waals surface area contributed by atoms with Gasteiger partial charge in [0.05, 0.1) is 5.69 Å². The maximum Gasteiger partial charge on any atom is 0.229 e. The first-order valence-corrected chi connectivity index (χ1v) is 8.45. The van der Waals surface area contributed by atoms with E-state index < -0.39 is 0 Å². The van der Waals surface area contributed by atoms with E-state index in [9.17, 15) is 9.59 Å². The molecule has 1 fully saturated rings. The Balaban J connectivity index is 1.59. The lowest BCUT2D eigenvalue weighted by atomic mass is 9.96. The molecule has 0 saturated carbocycles. The Morgan fingerprint density at radius 2 is 2.04 bits per heavy atom. The van der Waals surface area contributed by atoms with Crippen LogP contribution >= 0.6 is 11.3 Å². The molecular formula is C16H18N4O2S.